The van der Waals surface area contributed by atoms with Gasteiger partial charge >= 0.3 is 5.91 Å². The highest BCUT2D eigenvalue weighted by atomic mass is 16.7. The van der Waals surface area contributed by atoms with Crippen LogP contribution < -0.4 is 0 Å². The number of ether oxygens (including phenoxy) is 3. The molecule has 0 aromatic carbocycles. The summed E-state index contributed by atoms with van der Waals surface area (Å²) in [6, 6.07) is 0. The maximum absolute atomic E-state index is 5.38. The lowest BCUT2D eigenvalue weighted by Crippen LogP contribution is -2.31. The van der Waals surface area contributed by atoms with Gasteiger partial charge in [-0.3, -0.25) is 9.47 Å². The van der Waals surface area contributed by atoms with Gasteiger partial charge in [-0.1, -0.05) is 0 Å². The van der Waals surface area contributed by atoms with Crippen LogP contribution in [0.4, 0.5) is 0 Å². The average molecular weight is 170 g/mol. The molecule has 12 heavy (non-hydrogen) atoms. The second-order valence-electron chi connectivity index (χ2n) is 3.09. The first kappa shape index (κ1) is 7.99. The Morgan fingerprint density at radius 1 is 1.58 bits per heavy atom. The highest BCUT2D eigenvalue weighted by molar-refractivity contribution is 5.01. The second-order valence-corrected chi connectivity index (χ2v) is 3.09. The van der Waals surface area contributed by atoms with Gasteiger partial charge < -0.3 is 4.74 Å². The van der Waals surface area contributed by atoms with Crippen molar-refractivity contribution in [1.29, 1.82) is 0 Å². The van der Waals surface area contributed by atoms with Gasteiger partial charge in [-0.25, -0.2) is 0 Å². The van der Waals surface area contributed by atoms with E-state index in [1.807, 2.05) is 0 Å². The molecule has 2 aliphatic heterocycles. The summed E-state index contributed by atoms with van der Waals surface area (Å²) in [7, 11) is 1.67. The fourth-order valence-corrected chi connectivity index (χ4v) is 1.91. The third-order valence-electron chi connectivity index (χ3n) is 2.59. The van der Waals surface area contributed by atoms with Crippen LogP contribution in [0.25, 0.3) is 4.85 Å². The second kappa shape index (κ2) is 2.70. The summed E-state index contributed by atoms with van der Waals surface area (Å²) in [6.07, 6.45) is 0.971. The van der Waals surface area contributed by atoms with Gasteiger partial charge in [0.2, 0.25) is 0 Å². The molecule has 0 saturated carbocycles. The van der Waals surface area contributed by atoms with Crippen LogP contribution in [0.3, 0.4) is 0 Å². The molecule has 2 heterocycles. The molecule has 0 bridgehead atoms. The largest absolute Gasteiger partial charge is 0.507 e. The van der Waals surface area contributed by atoms with Crippen LogP contribution in [0.15, 0.2) is 0 Å². The lowest BCUT2D eigenvalue weighted by atomic mass is 10.0. The van der Waals surface area contributed by atoms with Crippen LogP contribution in [0.1, 0.15) is 6.42 Å². The van der Waals surface area contributed by atoms with Crippen LogP contribution in [0.2, 0.25) is 0 Å². The van der Waals surface area contributed by atoms with Crippen molar-refractivity contribution in [3.63, 3.8) is 0 Å². The van der Waals surface area contributed by atoms with E-state index in [4.69, 9.17) is 20.8 Å². The summed E-state index contributed by atoms with van der Waals surface area (Å²) in [5.74, 6) is -0.742. The van der Waals surface area contributed by atoms with Crippen LogP contribution in [0, 0.1) is 12.5 Å². The average Bonchev–Trinajstić information content (AvgIpc) is 2.61. The smallest absolute Gasteiger partial charge is 0.378 e. The molecule has 2 aliphatic rings. The molecule has 0 aromatic rings. The maximum atomic E-state index is 5.38. The highest BCUT2D eigenvalue weighted by Crippen LogP contribution is 2.42. The standard InChI is InChI=1S/C8H12NO3/c1-9-8-6(3-4-11-8)7(10-2)5-12-8/h1,6-7H,3-5H2,2H3/q+1. The number of fused-ring (bicyclic) bond motifs is 1. The van der Waals surface area contributed by atoms with Crippen molar-refractivity contribution in [2.24, 2.45) is 5.92 Å². The Hall–Kier alpha value is -0.630. The highest BCUT2D eigenvalue weighted by Gasteiger charge is 2.64. The van der Waals surface area contributed by atoms with Crippen molar-refractivity contribution >= 4 is 0 Å². The zero-order chi connectivity index (χ0) is 8.60. The Balaban J connectivity index is 2.21. The summed E-state index contributed by atoms with van der Waals surface area (Å²) in [6.45, 7) is 6.41. The Morgan fingerprint density at radius 2 is 2.42 bits per heavy atom. The van der Waals surface area contributed by atoms with Gasteiger partial charge in [0.05, 0.1) is 19.3 Å². The maximum Gasteiger partial charge on any atom is 0.507 e. The van der Waals surface area contributed by atoms with Gasteiger partial charge in [-0.2, -0.15) is 0 Å². The molecule has 4 nitrogen and oxygen atoms in total. The molecule has 0 radical (unpaired) electrons. The summed E-state index contributed by atoms with van der Waals surface area (Å²) < 4.78 is 16.0. The minimum absolute atomic E-state index is 0.0693. The Kier molecular flexibility index (Phi) is 1.80. The predicted octanol–water partition coefficient (Wildman–Crippen LogP) is 0.685. The summed E-state index contributed by atoms with van der Waals surface area (Å²) >= 11 is 0. The van der Waals surface area contributed by atoms with Crippen molar-refractivity contribution in [3.8, 4) is 6.57 Å². The van der Waals surface area contributed by atoms with E-state index in [9.17, 15) is 0 Å². The molecule has 4 heteroatoms. The number of hydrogen-bond donors (Lipinski definition) is 0. The van der Waals surface area contributed by atoms with Crippen LogP contribution in [0.5, 0.6) is 0 Å². The molecule has 3 atom stereocenters. The summed E-state index contributed by atoms with van der Waals surface area (Å²) in [4.78, 5) is 3.65. The lowest BCUT2D eigenvalue weighted by Gasteiger charge is -2.10. The SMILES string of the molecule is C#[N+]C12OCCC1C(OC)CO2. The van der Waals surface area contributed by atoms with Crippen LogP contribution >= 0.6 is 0 Å². The minimum atomic E-state index is -0.902. The number of methoxy groups -OCH3 is 1. The Morgan fingerprint density at radius 3 is 3.08 bits per heavy atom. The van der Waals surface area contributed by atoms with E-state index < -0.39 is 5.91 Å². The molecule has 0 amide bonds. The molecular formula is C8H12NO3+. The van der Waals surface area contributed by atoms with E-state index in [0.29, 0.717) is 13.2 Å². The van der Waals surface area contributed by atoms with Crippen LogP contribution in [-0.4, -0.2) is 32.3 Å². The molecule has 2 rings (SSSR count). The quantitative estimate of drug-likeness (QED) is 0.580. The summed E-state index contributed by atoms with van der Waals surface area (Å²) in [5, 5.41) is 0. The van der Waals surface area contributed by atoms with E-state index in [-0.39, 0.29) is 12.0 Å². The number of hydrogen-bond acceptors (Lipinski definition) is 3. The minimum Gasteiger partial charge on any atom is -0.378 e. The Labute approximate surface area is 71.2 Å². The zero-order valence-corrected chi connectivity index (χ0v) is 7.03. The monoisotopic (exact) mass is 170 g/mol. The van der Waals surface area contributed by atoms with E-state index in [0.717, 1.165) is 6.42 Å². The Bertz CT molecular complexity index is 225. The molecular weight excluding hydrogens is 158 g/mol. The molecule has 3 unspecified atom stereocenters. The van der Waals surface area contributed by atoms with Crippen molar-refractivity contribution < 1.29 is 14.2 Å². The van der Waals surface area contributed by atoms with Crippen molar-refractivity contribution in [2.45, 2.75) is 18.4 Å². The molecule has 2 fully saturated rings. The molecule has 0 N–H and O–H groups in total. The van der Waals surface area contributed by atoms with E-state index in [2.05, 4.69) is 4.85 Å². The molecule has 0 aliphatic carbocycles. The van der Waals surface area contributed by atoms with Crippen molar-refractivity contribution in [2.75, 3.05) is 20.3 Å². The molecule has 0 aromatic heterocycles. The van der Waals surface area contributed by atoms with E-state index >= 15 is 0 Å². The predicted molar refractivity (Wildman–Crippen MR) is 41.8 cm³/mol. The van der Waals surface area contributed by atoms with Crippen LogP contribution in [-0.2, 0) is 14.2 Å². The lowest BCUT2D eigenvalue weighted by molar-refractivity contribution is -0.160. The molecule has 2 saturated heterocycles. The first-order chi connectivity index (χ1) is 5.82. The van der Waals surface area contributed by atoms with E-state index in [1.165, 1.54) is 0 Å². The third-order valence-corrected chi connectivity index (χ3v) is 2.59. The first-order valence-corrected chi connectivity index (χ1v) is 4.05. The third kappa shape index (κ3) is 0.876. The topological polar surface area (TPSA) is 32.0 Å². The fourth-order valence-electron chi connectivity index (χ4n) is 1.91. The van der Waals surface area contributed by atoms with Crippen molar-refractivity contribution in [1.82, 2.24) is 0 Å². The fraction of sp³-hybridized carbons (Fsp3) is 0.875. The van der Waals surface area contributed by atoms with Gasteiger partial charge in [-0.15, -0.1) is 0 Å². The van der Waals surface area contributed by atoms with Gasteiger partial charge in [0, 0.05) is 7.11 Å². The number of nitrogens with zero attached hydrogens (tertiary/aromatic N) is 1. The molecule has 66 valence electrons. The van der Waals surface area contributed by atoms with Gasteiger partial charge in [0.15, 0.2) is 0 Å². The van der Waals surface area contributed by atoms with Gasteiger partial charge in [-0.05, 0) is 11.3 Å². The van der Waals surface area contributed by atoms with Gasteiger partial charge in [0.25, 0.3) is 6.57 Å². The van der Waals surface area contributed by atoms with Crippen molar-refractivity contribution in [3.05, 3.63) is 4.85 Å². The molecule has 0 spiro atoms. The summed E-state index contributed by atoms with van der Waals surface area (Å²) in [5.41, 5.74) is 0. The first-order valence-electron chi connectivity index (χ1n) is 4.05. The normalized spacial score (nSPS) is 45.7. The van der Waals surface area contributed by atoms with E-state index in [1.54, 1.807) is 7.11 Å². The van der Waals surface area contributed by atoms with Gasteiger partial charge in [0.1, 0.15) is 5.92 Å². The number of rotatable bonds is 1. The zero-order valence-electron chi connectivity index (χ0n) is 7.03.